The van der Waals surface area contributed by atoms with Gasteiger partial charge in [0.1, 0.15) is 0 Å². The molecule has 0 atom stereocenters. The van der Waals surface area contributed by atoms with Crippen LogP contribution in [0.3, 0.4) is 0 Å². The number of anilines is 1. The monoisotopic (exact) mass is 235 g/mol. The van der Waals surface area contributed by atoms with Crippen LogP contribution in [0.15, 0.2) is 24.3 Å². The van der Waals surface area contributed by atoms with Crippen molar-refractivity contribution in [1.29, 1.82) is 0 Å². The van der Waals surface area contributed by atoms with Gasteiger partial charge in [-0.1, -0.05) is 17.7 Å². The zero-order chi connectivity index (χ0) is 10.6. The second-order valence-electron chi connectivity index (χ2n) is 2.72. The lowest BCUT2D eigenvalue weighted by molar-refractivity contribution is 0.484. The Morgan fingerprint density at radius 3 is 2.71 bits per heavy atom. The van der Waals surface area contributed by atoms with Gasteiger partial charge in [-0.15, -0.1) is 0 Å². The van der Waals surface area contributed by atoms with E-state index in [0.29, 0.717) is 5.02 Å². The van der Waals surface area contributed by atoms with Crippen molar-refractivity contribution in [3.8, 4) is 0 Å². The Morgan fingerprint density at radius 1 is 1.43 bits per heavy atom. The highest BCUT2D eigenvalue weighted by Gasteiger charge is 2.02. The summed E-state index contributed by atoms with van der Waals surface area (Å²) in [5, 5.41) is 3.39. The first-order valence-electron chi connectivity index (χ1n) is 3.92. The molecule has 0 unspecified atom stereocenters. The fourth-order valence-corrected chi connectivity index (χ4v) is 1.47. The number of nitrogens with one attached hydrogen (secondary N) is 1. The van der Waals surface area contributed by atoms with Gasteiger partial charge in [-0.25, -0.2) is 0 Å². The van der Waals surface area contributed by atoms with Crippen LogP contribution in [-0.4, -0.2) is 25.3 Å². The van der Waals surface area contributed by atoms with Crippen LogP contribution >= 0.6 is 11.6 Å². The van der Waals surface area contributed by atoms with E-state index >= 15 is 0 Å². The van der Waals surface area contributed by atoms with Crippen molar-refractivity contribution in [3.63, 3.8) is 0 Å². The molecule has 0 fully saturated rings. The topological polar surface area (TPSA) is 66.4 Å². The Balaban J connectivity index is 2.47. The van der Waals surface area contributed by atoms with Gasteiger partial charge in [0.25, 0.3) is 10.1 Å². The molecule has 0 aliphatic heterocycles. The van der Waals surface area contributed by atoms with Crippen molar-refractivity contribution in [3.05, 3.63) is 29.3 Å². The molecule has 6 heteroatoms. The number of halogens is 1. The van der Waals surface area contributed by atoms with Crippen LogP contribution in [0.25, 0.3) is 0 Å². The minimum atomic E-state index is -3.90. The van der Waals surface area contributed by atoms with Crippen LogP contribution in [0.4, 0.5) is 5.69 Å². The average molecular weight is 236 g/mol. The van der Waals surface area contributed by atoms with E-state index < -0.39 is 10.1 Å². The molecule has 0 aliphatic rings. The van der Waals surface area contributed by atoms with E-state index in [1.54, 1.807) is 24.3 Å². The lowest BCUT2D eigenvalue weighted by Crippen LogP contribution is -2.14. The van der Waals surface area contributed by atoms with E-state index in [1.807, 2.05) is 0 Å². The van der Waals surface area contributed by atoms with Crippen LogP contribution < -0.4 is 5.32 Å². The number of hydrogen-bond donors (Lipinski definition) is 2. The largest absolute Gasteiger partial charge is 0.384 e. The van der Waals surface area contributed by atoms with Gasteiger partial charge in [0.05, 0.1) is 5.75 Å². The number of hydrogen-bond acceptors (Lipinski definition) is 3. The Hall–Kier alpha value is -0.780. The fourth-order valence-electron chi connectivity index (χ4n) is 0.923. The van der Waals surface area contributed by atoms with Crippen LogP contribution in [-0.2, 0) is 10.1 Å². The summed E-state index contributed by atoms with van der Waals surface area (Å²) in [5.74, 6) is -0.320. The minimum Gasteiger partial charge on any atom is -0.384 e. The van der Waals surface area contributed by atoms with Crippen molar-refractivity contribution < 1.29 is 13.0 Å². The predicted molar refractivity (Wildman–Crippen MR) is 56.4 cm³/mol. The summed E-state index contributed by atoms with van der Waals surface area (Å²) in [6.45, 7) is 0.152. The Morgan fingerprint density at radius 2 is 2.14 bits per heavy atom. The van der Waals surface area contributed by atoms with Gasteiger partial charge in [-0.3, -0.25) is 4.55 Å². The van der Waals surface area contributed by atoms with E-state index in [0.717, 1.165) is 5.69 Å². The van der Waals surface area contributed by atoms with E-state index in [1.165, 1.54) is 0 Å². The van der Waals surface area contributed by atoms with Gasteiger partial charge in [0, 0.05) is 17.3 Å². The SMILES string of the molecule is O=S(=O)(O)CCNc1cccc(Cl)c1. The number of benzene rings is 1. The summed E-state index contributed by atoms with van der Waals surface area (Å²) in [5.41, 5.74) is 0.723. The summed E-state index contributed by atoms with van der Waals surface area (Å²) in [6, 6.07) is 6.90. The molecule has 0 spiro atoms. The zero-order valence-electron chi connectivity index (χ0n) is 7.27. The molecule has 1 aromatic rings. The highest BCUT2D eigenvalue weighted by molar-refractivity contribution is 7.85. The van der Waals surface area contributed by atoms with Crippen molar-refractivity contribution >= 4 is 27.4 Å². The van der Waals surface area contributed by atoms with Crippen LogP contribution in [0.2, 0.25) is 5.02 Å². The maximum Gasteiger partial charge on any atom is 0.266 e. The van der Waals surface area contributed by atoms with Gasteiger partial charge in [-0.05, 0) is 18.2 Å². The summed E-state index contributed by atoms with van der Waals surface area (Å²) in [6.07, 6.45) is 0. The molecule has 14 heavy (non-hydrogen) atoms. The standard InChI is InChI=1S/C8H10ClNO3S/c9-7-2-1-3-8(6-7)10-4-5-14(11,12)13/h1-3,6,10H,4-5H2,(H,11,12,13). The summed E-state index contributed by atoms with van der Waals surface area (Å²) >= 11 is 5.71. The van der Waals surface area contributed by atoms with Gasteiger partial charge in [0.2, 0.25) is 0 Å². The molecule has 0 radical (unpaired) electrons. The molecule has 0 amide bonds. The molecule has 0 bridgehead atoms. The molecule has 0 aromatic heterocycles. The summed E-state index contributed by atoms with van der Waals surface area (Å²) in [4.78, 5) is 0. The van der Waals surface area contributed by atoms with Crippen LogP contribution in [0, 0.1) is 0 Å². The van der Waals surface area contributed by atoms with Crippen LogP contribution in [0.5, 0.6) is 0 Å². The lowest BCUT2D eigenvalue weighted by Gasteiger charge is -2.04. The Bertz CT molecular complexity index is 405. The van der Waals surface area contributed by atoms with Crippen molar-refractivity contribution in [2.75, 3.05) is 17.6 Å². The highest BCUT2D eigenvalue weighted by Crippen LogP contribution is 2.14. The first-order chi connectivity index (χ1) is 6.47. The molecular formula is C8H10ClNO3S. The first kappa shape index (κ1) is 11.3. The van der Waals surface area contributed by atoms with Crippen molar-refractivity contribution in [1.82, 2.24) is 0 Å². The normalized spacial score (nSPS) is 11.3. The Labute approximate surface area is 87.6 Å². The van der Waals surface area contributed by atoms with Crippen LogP contribution in [0.1, 0.15) is 0 Å². The van der Waals surface area contributed by atoms with Gasteiger partial charge in [0.15, 0.2) is 0 Å². The molecule has 1 rings (SSSR count). The average Bonchev–Trinajstić information content (AvgIpc) is 2.01. The van der Waals surface area contributed by atoms with Gasteiger partial charge < -0.3 is 5.32 Å². The van der Waals surface area contributed by atoms with E-state index in [9.17, 15) is 8.42 Å². The minimum absolute atomic E-state index is 0.152. The van der Waals surface area contributed by atoms with Crippen molar-refractivity contribution in [2.24, 2.45) is 0 Å². The molecule has 4 nitrogen and oxygen atoms in total. The maximum atomic E-state index is 10.4. The molecule has 0 aliphatic carbocycles. The second kappa shape index (κ2) is 4.63. The molecule has 0 saturated heterocycles. The third-order valence-corrected chi connectivity index (χ3v) is 2.47. The van der Waals surface area contributed by atoms with E-state index in [-0.39, 0.29) is 12.3 Å². The molecule has 78 valence electrons. The molecule has 0 heterocycles. The van der Waals surface area contributed by atoms with Crippen molar-refractivity contribution in [2.45, 2.75) is 0 Å². The van der Waals surface area contributed by atoms with E-state index in [2.05, 4.69) is 5.32 Å². The third kappa shape index (κ3) is 4.45. The lowest BCUT2D eigenvalue weighted by atomic mass is 10.3. The van der Waals surface area contributed by atoms with E-state index in [4.69, 9.17) is 16.2 Å². The fraction of sp³-hybridized carbons (Fsp3) is 0.250. The first-order valence-corrected chi connectivity index (χ1v) is 5.91. The molecular weight excluding hydrogens is 226 g/mol. The molecule has 2 N–H and O–H groups in total. The second-order valence-corrected chi connectivity index (χ2v) is 4.73. The quantitative estimate of drug-likeness (QED) is 0.779. The maximum absolute atomic E-state index is 10.4. The highest BCUT2D eigenvalue weighted by atomic mass is 35.5. The summed E-state index contributed by atoms with van der Waals surface area (Å²) in [7, 11) is -3.90. The number of rotatable bonds is 4. The summed E-state index contributed by atoms with van der Waals surface area (Å²) < 4.78 is 29.2. The van der Waals surface area contributed by atoms with Gasteiger partial charge >= 0.3 is 0 Å². The Kier molecular flexibility index (Phi) is 3.74. The predicted octanol–water partition coefficient (Wildman–Crippen LogP) is 1.64. The molecule has 1 aromatic carbocycles. The van der Waals surface area contributed by atoms with Gasteiger partial charge in [-0.2, -0.15) is 8.42 Å². The third-order valence-electron chi connectivity index (χ3n) is 1.51. The molecule has 0 saturated carbocycles. The zero-order valence-corrected chi connectivity index (χ0v) is 8.85. The smallest absolute Gasteiger partial charge is 0.266 e.